The standard InChI is InChI=1S/C29H30F3N5O2/c1-36(21-10-15-37(16-11-21)22-7-12-33-13-8-22)28(39)20-6-5-19-3-2-4-26(23(19)17-20)35-27(38)24-18-34-14-9-25(24)29(30,31)32/h5-9,12-14,17-18,21,26H,2-4,10-11,15-16H2,1H3,(H,35,38). The molecule has 1 aromatic carbocycles. The van der Waals surface area contributed by atoms with Crippen LogP contribution >= 0.6 is 0 Å². The highest BCUT2D eigenvalue weighted by molar-refractivity contribution is 5.96. The van der Waals surface area contributed by atoms with Crippen molar-refractivity contribution in [2.24, 2.45) is 0 Å². The fourth-order valence-electron chi connectivity index (χ4n) is 5.58. The van der Waals surface area contributed by atoms with Gasteiger partial charge in [-0.2, -0.15) is 13.2 Å². The van der Waals surface area contributed by atoms with Gasteiger partial charge in [-0.1, -0.05) is 6.07 Å². The van der Waals surface area contributed by atoms with Crippen molar-refractivity contribution >= 4 is 17.5 Å². The van der Waals surface area contributed by atoms with Crippen LogP contribution in [0.3, 0.4) is 0 Å². The van der Waals surface area contributed by atoms with Crippen LogP contribution in [0.15, 0.2) is 61.2 Å². The van der Waals surface area contributed by atoms with E-state index < -0.39 is 29.3 Å². The molecule has 3 aromatic rings. The molecule has 5 rings (SSSR count). The molecule has 2 amide bonds. The molecule has 0 saturated carbocycles. The molecule has 39 heavy (non-hydrogen) atoms. The van der Waals surface area contributed by atoms with Crippen molar-refractivity contribution in [3.63, 3.8) is 0 Å². The average molecular weight is 538 g/mol. The van der Waals surface area contributed by atoms with E-state index in [2.05, 4.69) is 20.2 Å². The van der Waals surface area contributed by atoms with E-state index in [0.29, 0.717) is 12.0 Å². The van der Waals surface area contributed by atoms with Gasteiger partial charge in [0.25, 0.3) is 11.8 Å². The summed E-state index contributed by atoms with van der Waals surface area (Å²) >= 11 is 0. The minimum atomic E-state index is -4.67. The largest absolute Gasteiger partial charge is 0.417 e. The Morgan fingerprint density at radius 1 is 1.00 bits per heavy atom. The van der Waals surface area contributed by atoms with Crippen molar-refractivity contribution in [2.75, 3.05) is 25.0 Å². The number of pyridine rings is 2. The van der Waals surface area contributed by atoms with Crippen LogP contribution in [0.2, 0.25) is 0 Å². The number of halogens is 3. The van der Waals surface area contributed by atoms with Gasteiger partial charge in [-0.05, 0) is 73.6 Å². The van der Waals surface area contributed by atoms with Gasteiger partial charge in [0.1, 0.15) is 0 Å². The van der Waals surface area contributed by atoms with E-state index in [0.717, 1.165) is 74.0 Å². The molecule has 1 N–H and O–H groups in total. The normalized spacial score (nSPS) is 17.8. The monoisotopic (exact) mass is 537 g/mol. The fraction of sp³-hybridized carbons (Fsp3) is 0.379. The Morgan fingerprint density at radius 2 is 1.72 bits per heavy atom. The molecule has 7 nitrogen and oxygen atoms in total. The van der Waals surface area contributed by atoms with Crippen LogP contribution in [0.1, 0.15) is 69.1 Å². The molecule has 1 aliphatic heterocycles. The number of carbonyl (C=O) groups excluding carboxylic acids is 2. The Kier molecular flexibility index (Phi) is 7.54. The highest BCUT2D eigenvalue weighted by Gasteiger charge is 2.36. The van der Waals surface area contributed by atoms with Gasteiger partial charge in [-0.15, -0.1) is 0 Å². The summed E-state index contributed by atoms with van der Waals surface area (Å²) in [7, 11) is 1.81. The van der Waals surface area contributed by atoms with E-state index in [-0.39, 0.29) is 11.9 Å². The van der Waals surface area contributed by atoms with Gasteiger partial charge in [0, 0.05) is 62.2 Å². The van der Waals surface area contributed by atoms with E-state index in [4.69, 9.17) is 0 Å². The molecule has 1 unspecified atom stereocenters. The molecule has 3 heterocycles. The zero-order chi connectivity index (χ0) is 27.6. The lowest BCUT2D eigenvalue weighted by Gasteiger charge is -2.38. The summed E-state index contributed by atoms with van der Waals surface area (Å²) in [5.74, 6) is -0.939. The van der Waals surface area contributed by atoms with Crippen LogP contribution in [0.25, 0.3) is 0 Å². The van der Waals surface area contributed by atoms with E-state index >= 15 is 0 Å². The highest BCUT2D eigenvalue weighted by atomic mass is 19.4. The van der Waals surface area contributed by atoms with E-state index in [1.165, 1.54) is 0 Å². The lowest BCUT2D eigenvalue weighted by molar-refractivity contribution is -0.138. The predicted octanol–water partition coefficient (Wildman–Crippen LogP) is 5.04. The summed E-state index contributed by atoms with van der Waals surface area (Å²) in [6, 6.07) is 9.85. The molecule has 2 aromatic heterocycles. The molecular weight excluding hydrogens is 507 g/mol. The summed E-state index contributed by atoms with van der Waals surface area (Å²) < 4.78 is 40.3. The molecule has 10 heteroatoms. The van der Waals surface area contributed by atoms with Crippen molar-refractivity contribution < 1.29 is 22.8 Å². The van der Waals surface area contributed by atoms with E-state index in [9.17, 15) is 22.8 Å². The van der Waals surface area contributed by atoms with Crippen LogP contribution in [-0.2, 0) is 12.6 Å². The van der Waals surface area contributed by atoms with E-state index in [1.807, 2.05) is 25.2 Å². The number of nitrogens with zero attached hydrogens (tertiary/aromatic N) is 4. The Bertz CT molecular complexity index is 1340. The molecule has 0 bridgehead atoms. The molecule has 204 valence electrons. The van der Waals surface area contributed by atoms with Gasteiger partial charge in [-0.3, -0.25) is 19.6 Å². The minimum Gasteiger partial charge on any atom is -0.371 e. The predicted molar refractivity (Wildman–Crippen MR) is 140 cm³/mol. The number of piperidine rings is 1. The summed E-state index contributed by atoms with van der Waals surface area (Å²) in [4.78, 5) is 38.3. The average Bonchev–Trinajstić information content (AvgIpc) is 2.96. The van der Waals surface area contributed by atoms with Crippen LogP contribution in [0, 0.1) is 0 Å². The number of aromatic nitrogens is 2. The Balaban J connectivity index is 1.29. The molecule has 1 aliphatic carbocycles. The van der Waals surface area contributed by atoms with Crippen molar-refractivity contribution in [2.45, 2.75) is 50.4 Å². The van der Waals surface area contributed by atoms with Gasteiger partial charge in [-0.25, -0.2) is 0 Å². The number of hydrogen-bond acceptors (Lipinski definition) is 5. The lowest BCUT2D eigenvalue weighted by atomic mass is 9.86. The summed E-state index contributed by atoms with van der Waals surface area (Å²) in [6.45, 7) is 1.66. The first-order chi connectivity index (χ1) is 18.7. The number of amides is 2. The third-order valence-corrected chi connectivity index (χ3v) is 7.74. The zero-order valence-corrected chi connectivity index (χ0v) is 21.6. The van der Waals surface area contributed by atoms with Crippen LogP contribution < -0.4 is 10.2 Å². The second-order valence-corrected chi connectivity index (χ2v) is 10.1. The number of alkyl halides is 3. The van der Waals surface area contributed by atoms with Gasteiger partial charge >= 0.3 is 6.18 Å². The first-order valence-electron chi connectivity index (χ1n) is 13.1. The number of carbonyl (C=O) groups is 2. The molecule has 1 saturated heterocycles. The maximum Gasteiger partial charge on any atom is 0.417 e. The van der Waals surface area contributed by atoms with Crippen LogP contribution in [-0.4, -0.2) is 52.9 Å². The number of hydrogen-bond donors (Lipinski definition) is 1. The second-order valence-electron chi connectivity index (χ2n) is 10.1. The van der Waals surface area contributed by atoms with Crippen LogP contribution in [0.4, 0.5) is 18.9 Å². The topological polar surface area (TPSA) is 78.4 Å². The maximum atomic E-state index is 13.5. The van der Waals surface area contributed by atoms with Gasteiger partial charge in [0.15, 0.2) is 0 Å². The Labute approximate surface area is 225 Å². The summed E-state index contributed by atoms with van der Waals surface area (Å²) in [6.07, 6.45) is 4.63. The zero-order valence-electron chi connectivity index (χ0n) is 21.6. The fourth-order valence-corrected chi connectivity index (χ4v) is 5.58. The number of fused-ring (bicyclic) bond motifs is 1. The third-order valence-electron chi connectivity index (χ3n) is 7.74. The van der Waals surface area contributed by atoms with Crippen molar-refractivity contribution in [3.05, 3.63) is 89.0 Å². The number of benzene rings is 1. The summed E-state index contributed by atoms with van der Waals surface area (Å²) in [5, 5.41) is 2.77. The third kappa shape index (κ3) is 5.74. The van der Waals surface area contributed by atoms with Crippen molar-refractivity contribution in [1.29, 1.82) is 0 Å². The molecule has 0 radical (unpaired) electrons. The number of anilines is 1. The number of rotatable bonds is 5. The Morgan fingerprint density at radius 3 is 2.44 bits per heavy atom. The SMILES string of the molecule is CN(C(=O)c1ccc2c(c1)C(NC(=O)c1cnccc1C(F)(F)F)CCC2)C1CCN(c2ccncc2)CC1. The van der Waals surface area contributed by atoms with Crippen LogP contribution in [0.5, 0.6) is 0 Å². The van der Waals surface area contributed by atoms with Gasteiger partial charge < -0.3 is 15.1 Å². The number of nitrogens with one attached hydrogen (secondary N) is 1. The van der Waals surface area contributed by atoms with E-state index in [1.54, 1.807) is 29.4 Å². The van der Waals surface area contributed by atoms with Crippen molar-refractivity contribution in [1.82, 2.24) is 20.2 Å². The van der Waals surface area contributed by atoms with Gasteiger partial charge in [0.2, 0.25) is 0 Å². The smallest absolute Gasteiger partial charge is 0.371 e. The molecular formula is C29H30F3N5O2. The first kappa shape index (κ1) is 26.6. The number of aryl methyl sites for hydroxylation is 1. The lowest BCUT2D eigenvalue weighted by Crippen LogP contribution is -2.45. The van der Waals surface area contributed by atoms with Crippen molar-refractivity contribution in [3.8, 4) is 0 Å². The summed E-state index contributed by atoms with van der Waals surface area (Å²) in [5.41, 5.74) is 1.85. The Hall–Kier alpha value is -3.95. The maximum absolute atomic E-state index is 13.5. The molecule has 1 fully saturated rings. The quantitative estimate of drug-likeness (QED) is 0.493. The van der Waals surface area contributed by atoms with Gasteiger partial charge in [0.05, 0.1) is 17.2 Å². The minimum absolute atomic E-state index is 0.0912. The molecule has 1 atom stereocenters. The molecule has 0 spiro atoms. The second kappa shape index (κ2) is 11.0. The molecule has 2 aliphatic rings. The first-order valence-corrected chi connectivity index (χ1v) is 13.1. The highest BCUT2D eigenvalue weighted by Crippen LogP contribution is 2.34.